The van der Waals surface area contributed by atoms with Crippen LogP contribution in [0.5, 0.6) is 0 Å². The molecule has 1 aromatic carbocycles. The molecule has 0 saturated heterocycles. The van der Waals surface area contributed by atoms with Crippen molar-refractivity contribution in [3.05, 3.63) is 41.5 Å². The molecule has 0 bridgehead atoms. The molecule has 78 valence electrons. The summed E-state index contributed by atoms with van der Waals surface area (Å²) in [6.07, 6.45) is 1.59. The number of allylic oxidation sites excluding steroid dienone is 1. The Bertz CT molecular complexity index is 371. The topological polar surface area (TPSA) is 40.9 Å². The Morgan fingerprint density at radius 1 is 1.27 bits per heavy atom. The van der Waals surface area contributed by atoms with E-state index in [1.807, 2.05) is 50.2 Å². The first-order valence-corrected chi connectivity index (χ1v) is 4.92. The summed E-state index contributed by atoms with van der Waals surface area (Å²) < 4.78 is 0. The highest BCUT2D eigenvalue weighted by Gasteiger charge is 2.00. The van der Waals surface area contributed by atoms with E-state index in [1.54, 1.807) is 6.08 Å². The van der Waals surface area contributed by atoms with Gasteiger partial charge < -0.3 is 0 Å². The second-order valence-electron chi connectivity index (χ2n) is 2.64. The van der Waals surface area contributed by atoms with Crippen molar-refractivity contribution in [3.8, 4) is 6.07 Å². The maximum absolute atomic E-state index is 10.9. The predicted molar refractivity (Wildman–Crippen MR) is 62.1 cm³/mol. The summed E-state index contributed by atoms with van der Waals surface area (Å²) >= 11 is 0. The van der Waals surface area contributed by atoms with Crippen molar-refractivity contribution in [2.75, 3.05) is 0 Å². The molecule has 2 heteroatoms. The lowest BCUT2D eigenvalue weighted by molar-refractivity contribution is -0.113. The minimum absolute atomic E-state index is 0.186. The Labute approximate surface area is 90.9 Å². The Kier molecular flexibility index (Phi) is 6.57. The fraction of sp³-hybridized carbons (Fsp3) is 0.231. The standard InChI is InChI=1S/C11H9NO.C2H6/c1-9(13)11(8-12)7-10-5-3-2-4-6-10;1-2/h2-7H,1H3;1-2H3/b11-7+;. The van der Waals surface area contributed by atoms with Crippen LogP contribution in [0.3, 0.4) is 0 Å². The molecule has 0 amide bonds. The third-order valence-electron chi connectivity index (χ3n) is 1.61. The van der Waals surface area contributed by atoms with Crippen molar-refractivity contribution in [1.29, 1.82) is 5.26 Å². The van der Waals surface area contributed by atoms with Crippen LogP contribution in [-0.4, -0.2) is 5.78 Å². The predicted octanol–water partition coefficient (Wildman–Crippen LogP) is 3.21. The van der Waals surface area contributed by atoms with E-state index >= 15 is 0 Å². The summed E-state index contributed by atoms with van der Waals surface area (Å²) in [5.74, 6) is -0.202. The van der Waals surface area contributed by atoms with Gasteiger partial charge >= 0.3 is 0 Å². The Balaban J connectivity index is 0.000000921. The van der Waals surface area contributed by atoms with Crippen LogP contribution < -0.4 is 0 Å². The third-order valence-corrected chi connectivity index (χ3v) is 1.61. The van der Waals surface area contributed by atoms with E-state index in [-0.39, 0.29) is 11.4 Å². The summed E-state index contributed by atoms with van der Waals surface area (Å²) in [5, 5.41) is 8.62. The first kappa shape index (κ1) is 13.1. The summed E-state index contributed by atoms with van der Waals surface area (Å²) in [4.78, 5) is 10.9. The van der Waals surface area contributed by atoms with Crippen molar-refractivity contribution in [2.45, 2.75) is 20.8 Å². The molecular weight excluding hydrogens is 186 g/mol. The van der Waals surface area contributed by atoms with Crippen molar-refractivity contribution < 1.29 is 4.79 Å². The third kappa shape index (κ3) is 4.78. The van der Waals surface area contributed by atoms with Gasteiger partial charge in [-0.25, -0.2) is 0 Å². The minimum atomic E-state index is -0.202. The first-order chi connectivity index (χ1) is 7.24. The van der Waals surface area contributed by atoms with Crippen LogP contribution in [0.2, 0.25) is 0 Å². The number of carbonyl (C=O) groups is 1. The molecule has 1 aromatic rings. The lowest BCUT2D eigenvalue weighted by Crippen LogP contribution is -1.92. The van der Waals surface area contributed by atoms with Crippen molar-refractivity contribution in [3.63, 3.8) is 0 Å². The van der Waals surface area contributed by atoms with Gasteiger partial charge in [-0.05, 0) is 18.6 Å². The van der Waals surface area contributed by atoms with E-state index in [9.17, 15) is 4.79 Å². The lowest BCUT2D eigenvalue weighted by Gasteiger charge is -1.92. The summed E-state index contributed by atoms with van der Waals surface area (Å²) in [5.41, 5.74) is 1.06. The molecule has 2 nitrogen and oxygen atoms in total. The highest BCUT2D eigenvalue weighted by atomic mass is 16.1. The van der Waals surface area contributed by atoms with E-state index in [0.29, 0.717) is 0 Å². The molecule has 0 radical (unpaired) electrons. The fourth-order valence-electron chi connectivity index (χ4n) is 0.929. The number of ketones is 1. The Hall–Kier alpha value is -1.88. The highest BCUT2D eigenvalue weighted by Crippen LogP contribution is 2.06. The number of Topliss-reactive ketones (excluding diaryl/α,β-unsaturated/α-hetero) is 1. The molecule has 0 saturated carbocycles. The van der Waals surface area contributed by atoms with Crippen LogP contribution in [0.15, 0.2) is 35.9 Å². The van der Waals surface area contributed by atoms with Crippen LogP contribution in [0.1, 0.15) is 26.3 Å². The summed E-state index contributed by atoms with van der Waals surface area (Å²) in [7, 11) is 0. The van der Waals surface area contributed by atoms with Crippen molar-refractivity contribution in [1.82, 2.24) is 0 Å². The molecule has 0 heterocycles. The second kappa shape index (κ2) is 7.52. The van der Waals surface area contributed by atoms with E-state index < -0.39 is 0 Å². The lowest BCUT2D eigenvalue weighted by atomic mass is 10.1. The molecule has 0 aliphatic rings. The number of hydrogen-bond donors (Lipinski definition) is 0. The van der Waals surface area contributed by atoms with Gasteiger partial charge in [0.15, 0.2) is 5.78 Å². The molecule has 0 spiro atoms. The number of nitrogens with zero attached hydrogens (tertiary/aromatic N) is 1. The van der Waals surface area contributed by atoms with Gasteiger partial charge in [-0.1, -0.05) is 44.2 Å². The average molecular weight is 201 g/mol. The zero-order valence-corrected chi connectivity index (χ0v) is 9.32. The quantitative estimate of drug-likeness (QED) is 0.544. The zero-order chi connectivity index (χ0) is 11.7. The number of carbonyl (C=O) groups excluding carboxylic acids is 1. The Morgan fingerprint density at radius 3 is 2.20 bits per heavy atom. The fourth-order valence-corrected chi connectivity index (χ4v) is 0.929. The number of nitriles is 1. The molecular formula is C13H15NO. The van der Waals surface area contributed by atoms with Gasteiger partial charge in [-0.2, -0.15) is 5.26 Å². The van der Waals surface area contributed by atoms with Gasteiger partial charge in [0.25, 0.3) is 0 Å². The van der Waals surface area contributed by atoms with Crippen LogP contribution in [0.4, 0.5) is 0 Å². The number of rotatable bonds is 2. The molecule has 0 aromatic heterocycles. The molecule has 0 fully saturated rings. The van der Waals surface area contributed by atoms with Gasteiger partial charge in [0.05, 0.1) is 5.57 Å². The summed E-state index contributed by atoms with van der Waals surface area (Å²) in [6.45, 7) is 5.39. The molecule has 1 rings (SSSR count). The molecule has 0 unspecified atom stereocenters. The van der Waals surface area contributed by atoms with E-state index in [2.05, 4.69) is 0 Å². The van der Waals surface area contributed by atoms with E-state index in [0.717, 1.165) is 5.56 Å². The molecule has 0 atom stereocenters. The maximum Gasteiger partial charge on any atom is 0.170 e. The zero-order valence-electron chi connectivity index (χ0n) is 9.32. The monoisotopic (exact) mass is 201 g/mol. The first-order valence-electron chi connectivity index (χ1n) is 4.92. The maximum atomic E-state index is 10.9. The van der Waals surface area contributed by atoms with Gasteiger partial charge in [0.1, 0.15) is 6.07 Å². The summed E-state index contributed by atoms with van der Waals surface area (Å²) in [6, 6.07) is 11.2. The molecule has 0 aliphatic carbocycles. The number of benzene rings is 1. The van der Waals surface area contributed by atoms with Crippen LogP contribution in [-0.2, 0) is 4.79 Å². The minimum Gasteiger partial charge on any atom is -0.294 e. The van der Waals surface area contributed by atoms with Gasteiger partial charge in [-0.3, -0.25) is 4.79 Å². The van der Waals surface area contributed by atoms with Crippen molar-refractivity contribution >= 4 is 11.9 Å². The van der Waals surface area contributed by atoms with Crippen LogP contribution in [0, 0.1) is 11.3 Å². The van der Waals surface area contributed by atoms with Crippen molar-refractivity contribution in [2.24, 2.45) is 0 Å². The largest absolute Gasteiger partial charge is 0.294 e. The van der Waals surface area contributed by atoms with E-state index in [1.165, 1.54) is 6.92 Å². The second-order valence-corrected chi connectivity index (χ2v) is 2.64. The van der Waals surface area contributed by atoms with Crippen LogP contribution in [0.25, 0.3) is 6.08 Å². The van der Waals surface area contributed by atoms with Crippen LogP contribution >= 0.6 is 0 Å². The normalized spacial score (nSPS) is 9.60. The van der Waals surface area contributed by atoms with Gasteiger partial charge in [0.2, 0.25) is 0 Å². The average Bonchev–Trinajstić information content (AvgIpc) is 2.29. The smallest absolute Gasteiger partial charge is 0.170 e. The van der Waals surface area contributed by atoms with E-state index in [4.69, 9.17) is 5.26 Å². The number of hydrogen-bond acceptors (Lipinski definition) is 2. The molecule has 0 aliphatic heterocycles. The molecule has 15 heavy (non-hydrogen) atoms. The van der Waals surface area contributed by atoms with Gasteiger partial charge in [-0.15, -0.1) is 0 Å². The molecule has 0 N–H and O–H groups in total. The highest BCUT2D eigenvalue weighted by molar-refractivity contribution is 6.01. The Morgan fingerprint density at radius 2 is 1.80 bits per heavy atom. The van der Waals surface area contributed by atoms with Gasteiger partial charge in [0, 0.05) is 0 Å². The SMILES string of the molecule is CC.CC(=O)/C(C#N)=C/c1ccccc1.